The highest BCUT2D eigenvalue weighted by atomic mass is 16.5. The van der Waals surface area contributed by atoms with Gasteiger partial charge in [-0.3, -0.25) is 4.98 Å². The first kappa shape index (κ1) is 12.6. The zero-order valence-electron chi connectivity index (χ0n) is 9.43. The molecule has 0 radical (unpaired) electrons. The molecule has 16 heavy (non-hydrogen) atoms. The van der Waals surface area contributed by atoms with Crippen molar-refractivity contribution in [1.82, 2.24) is 10.3 Å². The van der Waals surface area contributed by atoms with Gasteiger partial charge in [-0.25, -0.2) is 4.79 Å². The largest absolute Gasteiger partial charge is 0.478 e. The van der Waals surface area contributed by atoms with E-state index in [-0.39, 0.29) is 11.7 Å². The second-order valence-corrected chi connectivity index (χ2v) is 3.52. The number of methoxy groups -OCH3 is 1. The van der Waals surface area contributed by atoms with Crippen LogP contribution in [0.4, 0.5) is 0 Å². The summed E-state index contributed by atoms with van der Waals surface area (Å²) < 4.78 is 5.08. The Kier molecular flexibility index (Phi) is 4.88. The molecule has 0 aromatic carbocycles. The highest BCUT2D eigenvalue weighted by molar-refractivity contribution is 5.87. The van der Waals surface area contributed by atoms with E-state index < -0.39 is 5.97 Å². The van der Waals surface area contributed by atoms with E-state index in [0.29, 0.717) is 6.54 Å². The third-order valence-corrected chi connectivity index (χ3v) is 2.21. The number of carbonyl (C=O) groups is 1. The molecule has 0 saturated heterocycles. The normalized spacial score (nSPS) is 12.4. The van der Waals surface area contributed by atoms with E-state index in [1.165, 1.54) is 6.20 Å². The molecule has 88 valence electrons. The van der Waals surface area contributed by atoms with E-state index in [1.54, 1.807) is 19.2 Å². The minimum atomic E-state index is -0.958. The third kappa shape index (κ3) is 3.96. The van der Waals surface area contributed by atoms with Gasteiger partial charge in [-0.05, 0) is 19.1 Å². The van der Waals surface area contributed by atoms with E-state index in [9.17, 15) is 4.79 Å². The summed E-state index contributed by atoms with van der Waals surface area (Å²) >= 11 is 0. The Balaban J connectivity index is 2.40. The van der Waals surface area contributed by atoms with E-state index in [2.05, 4.69) is 10.3 Å². The van der Waals surface area contributed by atoms with Crippen LogP contribution < -0.4 is 5.32 Å². The summed E-state index contributed by atoms with van der Waals surface area (Å²) in [4.78, 5) is 14.6. The number of rotatable bonds is 6. The van der Waals surface area contributed by atoms with Gasteiger partial charge in [0.05, 0.1) is 17.4 Å². The van der Waals surface area contributed by atoms with Crippen LogP contribution in [0.25, 0.3) is 0 Å². The fourth-order valence-electron chi connectivity index (χ4n) is 1.14. The molecule has 1 heterocycles. The fraction of sp³-hybridized carbons (Fsp3) is 0.455. The van der Waals surface area contributed by atoms with Gasteiger partial charge in [0.1, 0.15) is 0 Å². The second kappa shape index (κ2) is 6.19. The topological polar surface area (TPSA) is 71.5 Å². The minimum absolute atomic E-state index is 0.151. The second-order valence-electron chi connectivity index (χ2n) is 3.52. The van der Waals surface area contributed by atoms with E-state index in [1.807, 2.05) is 6.92 Å². The predicted octanol–water partition coefficient (Wildman–Crippen LogP) is 0.904. The Hall–Kier alpha value is -1.46. The molecule has 1 atom stereocenters. The van der Waals surface area contributed by atoms with Gasteiger partial charge in [-0.1, -0.05) is 0 Å². The number of hydrogen-bond donors (Lipinski definition) is 2. The number of ether oxygens (including phenoxy) is 1. The molecule has 5 nitrogen and oxygen atoms in total. The summed E-state index contributed by atoms with van der Waals surface area (Å²) in [6, 6.07) is 3.25. The SMILES string of the molecule is COC(C)CNCc1ccc(C(=O)O)cn1. The molecule has 5 heteroatoms. The van der Waals surface area contributed by atoms with Crippen molar-refractivity contribution in [1.29, 1.82) is 0 Å². The summed E-state index contributed by atoms with van der Waals surface area (Å²) in [5.41, 5.74) is 1.02. The average molecular weight is 224 g/mol. The molecule has 0 aliphatic rings. The highest BCUT2D eigenvalue weighted by Gasteiger charge is 2.03. The Bertz CT molecular complexity index is 338. The molecule has 2 N–H and O–H groups in total. The van der Waals surface area contributed by atoms with Crippen LogP contribution in [0.15, 0.2) is 18.3 Å². The van der Waals surface area contributed by atoms with Crippen molar-refractivity contribution >= 4 is 5.97 Å². The van der Waals surface area contributed by atoms with Crippen LogP contribution in [-0.2, 0) is 11.3 Å². The van der Waals surface area contributed by atoms with Crippen molar-refractivity contribution in [2.45, 2.75) is 19.6 Å². The van der Waals surface area contributed by atoms with Crippen molar-refractivity contribution in [3.8, 4) is 0 Å². The minimum Gasteiger partial charge on any atom is -0.478 e. The van der Waals surface area contributed by atoms with Crippen LogP contribution in [0.5, 0.6) is 0 Å². The number of aromatic nitrogens is 1. The predicted molar refractivity (Wildman–Crippen MR) is 59.4 cm³/mol. The first-order chi connectivity index (χ1) is 7.63. The lowest BCUT2D eigenvalue weighted by molar-refractivity contribution is 0.0696. The van der Waals surface area contributed by atoms with Crippen molar-refractivity contribution in [2.24, 2.45) is 0 Å². The monoisotopic (exact) mass is 224 g/mol. The van der Waals surface area contributed by atoms with Gasteiger partial charge in [0.2, 0.25) is 0 Å². The van der Waals surface area contributed by atoms with E-state index >= 15 is 0 Å². The van der Waals surface area contributed by atoms with Crippen molar-refractivity contribution in [2.75, 3.05) is 13.7 Å². The van der Waals surface area contributed by atoms with Gasteiger partial charge < -0.3 is 15.2 Å². The Morgan fingerprint density at radius 2 is 2.38 bits per heavy atom. The van der Waals surface area contributed by atoms with Crippen LogP contribution in [0, 0.1) is 0 Å². The number of nitrogens with zero attached hydrogens (tertiary/aromatic N) is 1. The summed E-state index contributed by atoms with van der Waals surface area (Å²) in [5, 5.41) is 11.9. The average Bonchev–Trinajstić information content (AvgIpc) is 2.29. The molecule has 1 aromatic rings. The quantitative estimate of drug-likeness (QED) is 0.751. The molecule has 0 bridgehead atoms. The summed E-state index contributed by atoms with van der Waals surface area (Å²) in [7, 11) is 1.66. The summed E-state index contributed by atoms with van der Waals surface area (Å²) in [5.74, 6) is -0.958. The van der Waals surface area contributed by atoms with Crippen molar-refractivity contribution < 1.29 is 14.6 Å². The molecule has 0 aliphatic heterocycles. The number of hydrogen-bond acceptors (Lipinski definition) is 4. The molecule has 0 amide bonds. The van der Waals surface area contributed by atoms with E-state index in [0.717, 1.165) is 12.2 Å². The van der Waals surface area contributed by atoms with Crippen LogP contribution in [0.2, 0.25) is 0 Å². The summed E-state index contributed by atoms with van der Waals surface area (Å²) in [6.45, 7) is 3.31. The number of nitrogens with one attached hydrogen (secondary N) is 1. The Morgan fingerprint density at radius 3 is 2.88 bits per heavy atom. The Labute approximate surface area is 94.5 Å². The zero-order valence-corrected chi connectivity index (χ0v) is 9.43. The van der Waals surface area contributed by atoms with Crippen LogP contribution in [0.3, 0.4) is 0 Å². The maximum Gasteiger partial charge on any atom is 0.337 e. The third-order valence-electron chi connectivity index (χ3n) is 2.21. The number of carboxylic acids is 1. The van der Waals surface area contributed by atoms with Gasteiger partial charge >= 0.3 is 5.97 Å². The van der Waals surface area contributed by atoms with Crippen molar-refractivity contribution in [3.05, 3.63) is 29.6 Å². The van der Waals surface area contributed by atoms with Gasteiger partial charge in [0.15, 0.2) is 0 Å². The molecule has 1 rings (SSSR count). The lowest BCUT2D eigenvalue weighted by Crippen LogP contribution is -2.25. The standard InChI is InChI=1S/C11H16N2O3/c1-8(16-2)5-12-7-10-4-3-9(6-13-10)11(14)15/h3-4,6,8,12H,5,7H2,1-2H3,(H,14,15). The molecule has 0 aliphatic carbocycles. The molecular formula is C11H16N2O3. The molecule has 1 aromatic heterocycles. The van der Waals surface area contributed by atoms with Gasteiger partial charge in [-0.2, -0.15) is 0 Å². The Morgan fingerprint density at radius 1 is 1.62 bits per heavy atom. The lowest BCUT2D eigenvalue weighted by Gasteiger charge is -2.10. The van der Waals surface area contributed by atoms with E-state index in [4.69, 9.17) is 9.84 Å². The summed E-state index contributed by atoms with van der Waals surface area (Å²) in [6.07, 6.45) is 1.51. The lowest BCUT2D eigenvalue weighted by atomic mass is 10.2. The molecule has 0 fully saturated rings. The number of carboxylic acid groups (broad SMARTS) is 1. The number of pyridine rings is 1. The molecular weight excluding hydrogens is 208 g/mol. The van der Waals surface area contributed by atoms with Gasteiger partial charge in [-0.15, -0.1) is 0 Å². The smallest absolute Gasteiger partial charge is 0.337 e. The molecule has 0 saturated carbocycles. The first-order valence-corrected chi connectivity index (χ1v) is 5.05. The maximum atomic E-state index is 10.6. The van der Waals surface area contributed by atoms with Gasteiger partial charge in [0.25, 0.3) is 0 Å². The van der Waals surface area contributed by atoms with Crippen LogP contribution in [-0.4, -0.2) is 35.8 Å². The van der Waals surface area contributed by atoms with Crippen LogP contribution >= 0.6 is 0 Å². The first-order valence-electron chi connectivity index (χ1n) is 5.05. The highest BCUT2D eigenvalue weighted by Crippen LogP contribution is 2.00. The number of aromatic carboxylic acids is 1. The van der Waals surface area contributed by atoms with Crippen molar-refractivity contribution in [3.63, 3.8) is 0 Å². The molecule has 0 spiro atoms. The maximum absolute atomic E-state index is 10.6. The van der Waals surface area contributed by atoms with Crippen LogP contribution in [0.1, 0.15) is 23.0 Å². The molecule has 1 unspecified atom stereocenters. The van der Waals surface area contributed by atoms with Gasteiger partial charge in [0, 0.05) is 26.4 Å². The zero-order chi connectivity index (χ0) is 12.0. The fourth-order valence-corrected chi connectivity index (χ4v) is 1.14.